The van der Waals surface area contributed by atoms with Gasteiger partial charge in [0.15, 0.2) is 0 Å². The molecule has 0 aromatic heterocycles. The average molecular weight is 336 g/mol. The van der Waals surface area contributed by atoms with Gasteiger partial charge in [-0.25, -0.2) is 0 Å². The van der Waals surface area contributed by atoms with Crippen molar-refractivity contribution in [2.45, 2.75) is 18.5 Å². The Hall–Kier alpha value is -3.32. The van der Waals surface area contributed by atoms with Crippen LogP contribution in [0, 0.1) is 34.5 Å². The quantitative estimate of drug-likeness (QED) is 0.613. The minimum absolute atomic E-state index is 0.157. The fourth-order valence-corrected chi connectivity index (χ4v) is 3.84. The van der Waals surface area contributed by atoms with Crippen molar-refractivity contribution >= 4 is 11.9 Å². The molecule has 0 unspecified atom stereocenters. The second-order valence-electron chi connectivity index (χ2n) is 6.24. The van der Waals surface area contributed by atoms with Gasteiger partial charge < -0.3 is 15.4 Å². The Balaban J connectivity index is 2.26. The Morgan fingerprint density at radius 2 is 1.84 bits per heavy atom. The lowest BCUT2D eigenvalue weighted by molar-refractivity contribution is -0.158. The molecule has 0 saturated carbocycles. The molecule has 25 heavy (non-hydrogen) atoms. The van der Waals surface area contributed by atoms with Crippen LogP contribution in [0.15, 0.2) is 41.6 Å². The lowest BCUT2D eigenvalue weighted by Gasteiger charge is -2.55. The van der Waals surface area contributed by atoms with E-state index in [2.05, 4.69) is 10.6 Å². The molecule has 3 heterocycles. The van der Waals surface area contributed by atoms with E-state index in [-0.39, 0.29) is 17.2 Å². The molecule has 7 nitrogen and oxygen atoms in total. The highest BCUT2D eigenvalue weighted by molar-refractivity contribution is 5.91. The number of allylic oxidation sites excluding steroid dienone is 1. The van der Waals surface area contributed by atoms with Crippen LogP contribution in [0.2, 0.25) is 0 Å². The Morgan fingerprint density at radius 3 is 2.40 bits per heavy atom. The van der Waals surface area contributed by atoms with Gasteiger partial charge in [0.05, 0.1) is 18.7 Å². The molecule has 4 rings (SSSR count). The summed E-state index contributed by atoms with van der Waals surface area (Å²) in [5, 5.41) is 24.3. The van der Waals surface area contributed by atoms with Crippen LogP contribution in [0.1, 0.15) is 18.4 Å². The maximum atomic E-state index is 12.7. The van der Waals surface area contributed by atoms with Gasteiger partial charge in [0.1, 0.15) is 29.3 Å². The summed E-state index contributed by atoms with van der Waals surface area (Å²) in [6, 6.07) is 12.8. The fraction of sp³-hybridized carbons (Fsp3) is 0.333. The highest BCUT2D eigenvalue weighted by Gasteiger charge is 2.61. The molecule has 0 spiro atoms. The Morgan fingerprint density at radius 1 is 1.20 bits per heavy atom. The number of benzene rings is 1. The minimum atomic E-state index is -1.16. The Kier molecular flexibility index (Phi) is 3.94. The lowest BCUT2D eigenvalue weighted by atomic mass is 9.63. The average Bonchev–Trinajstić information content (AvgIpc) is 2.61. The van der Waals surface area contributed by atoms with Crippen molar-refractivity contribution in [2.24, 2.45) is 11.8 Å². The first kappa shape index (κ1) is 16.5. The van der Waals surface area contributed by atoms with E-state index in [9.17, 15) is 20.1 Å². The summed E-state index contributed by atoms with van der Waals surface area (Å²) in [7, 11) is 1.30. The van der Waals surface area contributed by atoms with E-state index in [1.54, 1.807) is 6.92 Å². The Bertz CT molecular complexity index is 833. The van der Waals surface area contributed by atoms with Gasteiger partial charge in [-0.1, -0.05) is 30.3 Å². The van der Waals surface area contributed by atoms with Crippen molar-refractivity contribution in [1.82, 2.24) is 10.6 Å². The van der Waals surface area contributed by atoms with Crippen LogP contribution < -0.4 is 10.6 Å². The van der Waals surface area contributed by atoms with E-state index in [0.717, 1.165) is 5.56 Å². The summed E-state index contributed by atoms with van der Waals surface area (Å²) >= 11 is 0. The van der Waals surface area contributed by atoms with Gasteiger partial charge in [0.2, 0.25) is 5.91 Å². The highest BCUT2D eigenvalue weighted by atomic mass is 16.5. The molecule has 3 aliphatic rings. The number of ether oxygens (including phenoxy) is 1. The molecule has 1 aromatic rings. The number of methoxy groups -OCH3 is 1. The van der Waals surface area contributed by atoms with Crippen molar-refractivity contribution in [3.05, 3.63) is 47.2 Å². The van der Waals surface area contributed by atoms with Gasteiger partial charge >= 0.3 is 5.97 Å². The van der Waals surface area contributed by atoms with Crippen molar-refractivity contribution in [3.63, 3.8) is 0 Å². The molecule has 3 saturated heterocycles. The molecule has 0 radical (unpaired) electrons. The van der Waals surface area contributed by atoms with Gasteiger partial charge in [0.25, 0.3) is 0 Å². The fourth-order valence-electron chi connectivity index (χ4n) is 3.84. The number of amides is 1. The van der Waals surface area contributed by atoms with Crippen LogP contribution in [0.3, 0.4) is 0 Å². The van der Waals surface area contributed by atoms with Crippen LogP contribution >= 0.6 is 0 Å². The lowest BCUT2D eigenvalue weighted by Crippen LogP contribution is -2.75. The molecule has 3 fully saturated rings. The first-order chi connectivity index (χ1) is 12.0. The maximum Gasteiger partial charge on any atom is 0.313 e. The number of esters is 1. The van der Waals surface area contributed by atoms with E-state index in [1.165, 1.54) is 7.11 Å². The number of nitrogens with zero attached hydrogens (tertiary/aromatic N) is 2. The second kappa shape index (κ2) is 5.95. The number of hydrogen-bond acceptors (Lipinski definition) is 6. The topological polar surface area (TPSA) is 115 Å². The van der Waals surface area contributed by atoms with Gasteiger partial charge in [-0.3, -0.25) is 9.59 Å². The first-order valence-electron chi connectivity index (χ1n) is 7.74. The van der Waals surface area contributed by atoms with Gasteiger partial charge in [-0.2, -0.15) is 10.5 Å². The third kappa shape index (κ3) is 2.41. The number of nitriles is 2. The van der Waals surface area contributed by atoms with Gasteiger partial charge in [-0.15, -0.1) is 0 Å². The molecule has 4 atom stereocenters. The third-order valence-corrected chi connectivity index (χ3v) is 4.84. The van der Waals surface area contributed by atoms with Crippen LogP contribution in [0.4, 0.5) is 0 Å². The highest BCUT2D eigenvalue weighted by Crippen LogP contribution is 2.49. The predicted octanol–water partition coefficient (Wildman–Crippen LogP) is 0.926. The summed E-state index contributed by atoms with van der Waals surface area (Å²) in [6.07, 6.45) is 0. The van der Waals surface area contributed by atoms with Crippen molar-refractivity contribution in [3.8, 4) is 12.1 Å². The molecule has 126 valence electrons. The van der Waals surface area contributed by atoms with E-state index in [1.807, 2.05) is 42.5 Å². The largest absolute Gasteiger partial charge is 0.469 e. The normalized spacial score (nSPS) is 29.7. The number of hydrogen-bond donors (Lipinski definition) is 2. The van der Waals surface area contributed by atoms with Crippen molar-refractivity contribution < 1.29 is 14.3 Å². The predicted molar refractivity (Wildman–Crippen MR) is 86.1 cm³/mol. The molecule has 7 heteroatoms. The summed E-state index contributed by atoms with van der Waals surface area (Å²) in [4.78, 5) is 25.2. The van der Waals surface area contributed by atoms with Crippen molar-refractivity contribution in [1.29, 1.82) is 10.5 Å². The Labute approximate surface area is 144 Å². The summed E-state index contributed by atoms with van der Waals surface area (Å²) in [5.41, 5.74) is -0.285. The number of carbonyl (C=O) groups excluding carboxylic acids is 2. The minimum Gasteiger partial charge on any atom is -0.469 e. The van der Waals surface area contributed by atoms with Gasteiger partial charge in [-0.05, 0) is 12.5 Å². The molecular weight excluding hydrogens is 320 g/mol. The van der Waals surface area contributed by atoms with Crippen LogP contribution in [-0.4, -0.2) is 24.6 Å². The number of piperidine rings is 2. The summed E-state index contributed by atoms with van der Waals surface area (Å²) in [6.45, 7) is 1.66. The zero-order valence-corrected chi connectivity index (χ0v) is 13.7. The van der Waals surface area contributed by atoms with E-state index < -0.39 is 29.4 Å². The molecular formula is C18H16N4O3. The standard InChI is InChI=1S/C18H16N4O3/c1-18-14(17(24)25-2)12(10-6-4-3-5-7-10)13(16(23)22-18)15(21-18)11(8-19)9-20/h3-7,12-14,21H,1-2H3,(H,22,23)/t12-,13-,14-,18-/m1/s1. The van der Waals surface area contributed by atoms with E-state index >= 15 is 0 Å². The molecule has 2 N–H and O–H groups in total. The van der Waals surface area contributed by atoms with E-state index in [0.29, 0.717) is 0 Å². The van der Waals surface area contributed by atoms with E-state index in [4.69, 9.17) is 4.74 Å². The number of nitrogens with one attached hydrogen (secondary N) is 2. The van der Waals surface area contributed by atoms with Crippen LogP contribution in [0.5, 0.6) is 0 Å². The second-order valence-corrected chi connectivity index (χ2v) is 6.24. The number of fused-ring (bicyclic) bond motifs is 3. The third-order valence-electron chi connectivity index (χ3n) is 4.84. The molecule has 1 aromatic carbocycles. The molecule has 0 aliphatic carbocycles. The first-order valence-corrected chi connectivity index (χ1v) is 7.74. The molecule has 3 aliphatic heterocycles. The number of rotatable bonds is 2. The summed E-state index contributed by atoms with van der Waals surface area (Å²) < 4.78 is 4.97. The smallest absolute Gasteiger partial charge is 0.313 e. The number of carbonyl (C=O) groups is 2. The van der Waals surface area contributed by atoms with Crippen LogP contribution in [0.25, 0.3) is 0 Å². The van der Waals surface area contributed by atoms with Gasteiger partial charge in [0, 0.05) is 5.92 Å². The zero-order valence-electron chi connectivity index (χ0n) is 13.7. The van der Waals surface area contributed by atoms with Crippen molar-refractivity contribution in [2.75, 3.05) is 7.11 Å². The maximum absolute atomic E-state index is 12.7. The SMILES string of the molecule is COC(=O)[C@H]1[C@H](c2ccccc2)[C@H]2C(=O)N[C@@]1(C)NC2=C(C#N)C#N. The monoisotopic (exact) mass is 336 g/mol. The summed E-state index contributed by atoms with van der Waals surface area (Å²) in [5.74, 6) is -2.88. The molecule has 1 amide bonds. The molecule has 2 bridgehead atoms. The zero-order chi connectivity index (χ0) is 18.2. The van der Waals surface area contributed by atoms with Crippen LogP contribution in [-0.2, 0) is 14.3 Å².